The maximum absolute atomic E-state index is 2.49. The molecule has 0 bridgehead atoms. The van der Waals surface area contributed by atoms with Gasteiger partial charge < -0.3 is 0 Å². The minimum absolute atomic E-state index is 1.03. The number of hydrogen-bond donors (Lipinski definition) is 0. The molecule has 0 radical (unpaired) electrons. The minimum atomic E-state index is 1.03. The van der Waals surface area contributed by atoms with Crippen molar-refractivity contribution in [2.75, 3.05) is 13.1 Å². The summed E-state index contributed by atoms with van der Waals surface area (Å²) >= 11 is 0. The predicted molar refractivity (Wildman–Crippen MR) is 24.5 cm³/mol. The summed E-state index contributed by atoms with van der Waals surface area (Å²) in [5.41, 5.74) is 0. The summed E-state index contributed by atoms with van der Waals surface area (Å²) in [4.78, 5) is 2.49. The van der Waals surface area contributed by atoms with Crippen LogP contribution in [0.15, 0.2) is 0 Å². The molecule has 1 heteroatoms. The van der Waals surface area contributed by atoms with Crippen LogP contribution in [-0.2, 0) is 0 Å². The molecule has 0 spiro atoms. The number of fused-ring (bicyclic) bond motifs is 1. The largest absolute Gasteiger partial charge is 0.297 e. The molecule has 6 heavy (non-hydrogen) atoms. The van der Waals surface area contributed by atoms with E-state index in [9.17, 15) is 0 Å². The molecule has 2 aliphatic heterocycles. The molecule has 34 valence electrons. The van der Waals surface area contributed by atoms with Gasteiger partial charge in [-0.2, -0.15) is 0 Å². The van der Waals surface area contributed by atoms with Gasteiger partial charge in [0.25, 0.3) is 0 Å². The number of rotatable bonds is 0. The van der Waals surface area contributed by atoms with E-state index >= 15 is 0 Å². The van der Waals surface area contributed by atoms with E-state index < -0.39 is 0 Å². The molecule has 3 atom stereocenters. The molecule has 0 aromatic carbocycles. The van der Waals surface area contributed by atoms with E-state index in [1.54, 1.807) is 0 Å². The summed E-state index contributed by atoms with van der Waals surface area (Å²) < 4.78 is 0. The van der Waals surface area contributed by atoms with Gasteiger partial charge in [-0.05, 0) is 5.92 Å². The van der Waals surface area contributed by atoms with Crippen LogP contribution < -0.4 is 0 Å². The predicted octanol–water partition coefficient (Wildman–Crippen LogP) is 0.320. The average molecular weight is 83.1 g/mol. The summed E-state index contributed by atoms with van der Waals surface area (Å²) in [6, 6.07) is 1.03. The van der Waals surface area contributed by atoms with E-state index in [2.05, 4.69) is 11.8 Å². The van der Waals surface area contributed by atoms with Gasteiger partial charge >= 0.3 is 0 Å². The van der Waals surface area contributed by atoms with Crippen molar-refractivity contribution in [3.05, 3.63) is 0 Å². The van der Waals surface area contributed by atoms with Gasteiger partial charge in [-0.1, -0.05) is 6.92 Å². The quantitative estimate of drug-likeness (QED) is 0.381. The molecule has 2 rings (SSSR count). The maximum atomic E-state index is 2.49. The minimum Gasteiger partial charge on any atom is -0.297 e. The highest BCUT2D eigenvalue weighted by molar-refractivity contribution is 5.03. The molecule has 0 N–H and O–H groups in total. The van der Waals surface area contributed by atoms with Gasteiger partial charge in [-0.3, -0.25) is 4.90 Å². The molecule has 2 heterocycles. The second-order valence-corrected chi connectivity index (χ2v) is 2.50. The van der Waals surface area contributed by atoms with Crippen molar-refractivity contribution in [3.8, 4) is 0 Å². The van der Waals surface area contributed by atoms with Gasteiger partial charge in [0.05, 0.1) is 0 Å². The molecule has 0 aromatic heterocycles. The average Bonchev–Trinajstić information content (AvgIpc) is 2.12. The highest BCUT2D eigenvalue weighted by atomic mass is 15.4. The van der Waals surface area contributed by atoms with Crippen molar-refractivity contribution in [3.63, 3.8) is 0 Å². The van der Waals surface area contributed by atoms with Crippen LogP contribution in [0.1, 0.15) is 6.92 Å². The zero-order valence-electron chi connectivity index (χ0n) is 4.02. The Kier molecular flexibility index (Phi) is 0.327. The summed E-state index contributed by atoms with van der Waals surface area (Å²) in [7, 11) is 0. The summed E-state index contributed by atoms with van der Waals surface area (Å²) in [5.74, 6) is 1.03. The molecule has 2 fully saturated rings. The summed E-state index contributed by atoms with van der Waals surface area (Å²) in [6.45, 7) is 5.11. The highest BCUT2D eigenvalue weighted by Crippen LogP contribution is 2.36. The van der Waals surface area contributed by atoms with Crippen molar-refractivity contribution >= 4 is 0 Å². The van der Waals surface area contributed by atoms with Crippen molar-refractivity contribution < 1.29 is 0 Å². The lowest BCUT2D eigenvalue weighted by Gasteiger charge is -2.20. The first-order valence-electron chi connectivity index (χ1n) is 2.62. The van der Waals surface area contributed by atoms with Crippen LogP contribution in [0.3, 0.4) is 0 Å². The first-order valence-corrected chi connectivity index (χ1v) is 2.62. The third-order valence-corrected chi connectivity index (χ3v) is 1.94. The fourth-order valence-corrected chi connectivity index (χ4v) is 1.30. The fourth-order valence-electron chi connectivity index (χ4n) is 1.30. The van der Waals surface area contributed by atoms with Crippen LogP contribution >= 0.6 is 0 Å². The van der Waals surface area contributed by atoms with Crippen LogP contribution in [0, 0.1) is 5.92 Å². The SMILES string of the molecule is C[C@@H]1CN2C[C@H]12. The van der Waals surface area contributed by atoms with Gasteiger partial charge in [0.15, 0.2) is 0 Å². The molecular formula is C5H9N. The normalized spacial score (nSPS) is 62.5. The van der Waals surface area contributed by atoms with Gasteiger partial charge in [0.1, 0.15) is 0 Å². The van der Waals surface area contributed by atoms with E-state index in [4.69, 9.17) is 0 Å². The standard InChI is InChI=1S/C5H9N/c1-4-2-6-3-5(4)6/h4-5H,2-3H2,1H3/t4-,5-,6?/m1/s1. The van der Waals surface area contributed by atoms with E-state index in [1.807, 2.05) is 0 Å². The maximum Gasteiger partial charge on any atom is 0.0261 e. The fraction of sp³-hybridized carbons (Fsp3) is 1.00. The lowest BCUT2D eigenvalue weighted by atomic mass is 10.0. The van der Waals surface area contributed by atoms with Crippen LogP contribution in [0.2, 0.25) is 0 Å². The van der Waals surface area contributed by atoms with Crippen molar-refractivity contribution in [1.82, 2.24) is 4.90 Å². The van der Waals surface area contributed by atoms with Gasteiger partial charge in [-0.25, -0.2) is 0 Å². The van der Waals surface area contributed by atoms with E-state index in [-0.39, 0.29) is 0 Å². The molecule has 2 aliphatic rings. The first kappa shape index (κ1) is 3.03. The summed E-state index contributed by atoms with van der Waals surface area (Å²) in [6.07, 6.45) is 0. The highest BCUT2D eigenvalue weighted by Gasteiger charge is 2.48. The third kappa shape index (κ3) is 0.178. The number of hydrogen-bond acceptors (Lipinski definition) is 1. The second-order valence-electron chi connectivity index (χ2n) is 2.50. The Balaban J connectivity index is 2.08. The Labute approximate surface area is 37.9 Å². The Hall–Kier alpha value is -0.0400. The lowest BCUT2D eigenvalue weighted by Crippen LogP contribution is -2.29. The molecular weight excluding hydrogens is 74.1 g/mol. The van der Waals surface area contributed by atoms with Crippen molar-refractivity contribution in [2.24, 2.45) is 5.92 Å². The number of nitrogens with zero attached hydrogens (tertiary/aromatic N) is 1. The van der Waals surface area contributed by atoms with E-state index in [0.717, 1.165) is 12.0 Å². The molecule has 0 aromatic rings. The zero-order valence-corrected chi connectivity index (χ0v) is 4.02. The zero-order chi connectivity index (χ0) is 4.15. The first-order chi connectivity index (χ1) is 2.88. The molecule has 0 amide bonds. The van der Waals surface area contributed by atoms with Gasteiger partial charge in [-0.15, -0.1) is 0 Å². The molecule has 2 saturated heterocycles. The molecule has 0 aliphatic carbocycles. The molecule has 1 nitrogen and oxygen atoms in total. The Morgan fingerprint density at radius 1 is 1.50 bits per heavy atom. The third-order valence-electron chi connectivity index (χ3n) is 1.94. The van der Waals surface area contributed by atoms with Crippen LogP contribution in [-0.4, -0.2) is 24.0 Å². The Bertz CT molecular complexity index is 80.0. The van der Waals surface area contributed by atoms with Crippen LogP contribution in [0.25, 0.3) is 0 Å². The summed E-state index contributed by atoms with van der Waals surface area (Å²) in [5, 5.41) is 0. The molecule has 1 unspecified atom stereocenters. The van der Waals surface area contributed by atoms with E-state index in [1.165, 1.54) is 13.1 Å². The van der Waals surface area contributed by atoms with Crippen molar-refractivity contribution in [1.29, 1.82) is 0 Å². The van der Waals surface area contributed by atoms with Crippen molar-refractivity contribution in [2.45, 2.75) is 13.0 Å². The van der Waals surface area contributed by atoms with E-state index in [0.29, 0.717) is 0 Å². The monoisotopic (exact) mass is 83.1 g/mol. The second kappa shape index (κ2) is 0.648. The Morgan fingerprint density at radius 3 is 2.33 bits per heavy atom. The smallest absolute Gasteiger partial charge is 0.0261 e. The van der Waals surface area contributed by atoms with Gasteiger partial charge in [0, 0.05) is 19.1 Å². The van der Waals surface area contributed by atoms with Crippen LogP contribution in [0.4, 0.5) is 0 Å². The topological polar surface area (TPSA) is 3.01 Å². The van der Waals surface area contributed by atoms with Crippen LogP contribution in [0.5, 0.6) is 0 Å². The lowest BCUT2D eigenvalue weighted by molar-refractivity contribution is 0.274. The molecule has 0 saturated carbocycles. The Morgan fingerprint density at radius 2 is 2.33 bits per heavy atom. The van der Waals surface area contributed by atoms with Gasteiger partial charge in [0.2, 0.25) is 0 Å².